The molecule has 3 aromatic carbocycles. The Balaban J connectivity index is 2.00. The number of rotatable bonds is 6. The molecule has 4 rings (SSSR count). The Morgan fingerprint density at radius 1 is 0.967 bits per heavy atom. The Bertz CT molecular complexity index is 1180. The third-order valence-corrected chi connectivity index (χ3v) is 5.95. The van der Waals surface area contributed by atoms with E-state index in [0.717, 1.165) is 38.2 Å². The van der Waals surface area contributed by atoms with E-state index in [1.165, 1.54) is 11.8 Å². The Labute approximate surface area is 185 Å². The van der Waals surface area contributed by atoms with E-state index in [1.54, 1.807) is 0 Å². The molecule has 1 aromatic heterocycles. The topological polar surface area (TPSA) is 39.2 Å². The summed E-state index contributed by atoms with van der Waals surface area (Å²) in [5, 5.41) is 1.61. The Hall–Kier alpha value is -2.82. The first-order chi connectivity index (χ1) is 14.7. The molecule has 150 valence electrons. The lowest BCUT2D eigenvalue weighted by Gasteiger charge is -2.17. The van der Waals surface area contributed by atoms with Crippen LogP contribution in [0.2, 0.25) is 5.02 Å². The summed E-state index contributed by atoms with van der Waals surface area (Å²) in [6.45, 7) is 2.18. The normalized spacial score (nSPS) is 10.9. The maximum absolute atomic E-state index is 12.1. The summed E-state index contributed by atoms with van der Waals surface area (Å²) in [6.07, 6.45) is 0. The Morgan fingerprint density at radius 3 is 2.30 bits per heavy atom. The van der Waals surface area contributed by atoms with Crippen LogP contribution in [0.3, 0.4) is 0 Å². The summed E-state index contributed by atoms with van der Waals surface area (Å²) >= 11 is 7.80. The van der Waals surface area contributed by atoms with Gasteiger partial charge in [-0.05, 0) is 30.7 Å². The van der Waals surface area contributed by atoms with Crippen LogP contribution in [-0.2, 0) is 9.53 Å². The first-order valence-electron chi connectivity index (χ1n) is 9.70. The minimum absolute atomic E-state index is 0.210. The second kappa shape index (κ2) is 9.33. The predicted octanol–water partition coefficient (Wildman–Crippen LogP) is 6.88. The zero-order valence-electron chi connectivity index (χ0n) is 16.5. The van der Waals surface area contributed by atoms with E-state index in [9.17, 15) is 4.79 Å². The van der Waals surface area contributed by atoms with Gasteiger partial charge in [0.05, 0.1) is 23.6 Å². The van der Waals surface area contributed by atoms with Gasteiger partial charge in [-0.15, -0.1) is 11.8 Å². The number of halogens is 1. The summed E-state index contributed by atoms with van der Waals surface area (Å²) in [7, 11) is 0. The molecule has 0 aliphatic rings. The zero-order valence-corrected chi connectivity index (χ0v) is 18.0. The number of esters is 1. The number of carbonyl (C=O) groups is 1. The van der Waals surface area contributed by atoms with Crippen LogP contribution in [0.15, 0.2) is 83.8 Å². The number of nitrogens with zero attached hydrogens (tertiary/aromatic N) is 1. The summed E-state index contributed by atoms with van der Waals surface area (Å²) in [4.78, 5) is 18.1. The number of hydrogen-bond acceptors (Lipinski definition) is 4. The summed E-state index contributed by atoms with van der Waals surface area (Å²) in [5.41, 5.74) is 4.78. The van der Waals surface area contributed by atoms with Crippen molar-refractivity contribution in [2.45, 2.75) is 11.8 Å². The van der Waals surface area contributed by atoms with Gasteiger partial charge in [0.15, 0.2) is 0 Å². The van der Waals surface area contributed by atoms with Gasteiger partial charge in [0.25, 0.3) is 0 Å². The number of hydrogen-bond donors (Lipinski definition) is 0. The molecule has 0 unspecified atom stereocenters. The lowest BCUT2D eigenvalue weighted by molar-refractivity contribution is -0.139. The fourth-order valence-electron chi connectivity index (χ4n) is 3.38. The Morgan fingerprint density at radius 2 is 1.63 bits per heavy atom. The van der Waals surface area contributed by atoms with Crippen molar-refractivity contribution in [3.63, 3.8) is 0 Å². The molecule has 0 saturated carbocycles. The monoisotopic (exact) mass is 433 g/mol. The highest BCUT2D eigenvalue weighted by molar-refractivity contribution is 8.00. The number of carbonyl (C=O) groups excluding carboxylic acids is 1. The fourth-order valence-corrected chi connectivity index (χ4v) is 4.57. The van der Waals surface area contributed by atoms with E-state index in [0.29, 0.717) is 11.6 Å². The van der Waals surface area contributed by atoms with Gasteiger partial charge in [-0.2, -0.15) is 0 Å². The van der Waals surface area contributed by atoms with Crippen molar-refractivity contribution < 1.29 is 9.53 Å². The van der Waals surface area contributed by atoms with Gasteiger partial charge in [-0.25, -0.2) is 4.98 Å². The molecule has 0 atom stereocenters. The third kappa shape index (κ3) is 4.35. The Kier molecular flexibility index (Phi) is 6.36. The van der Waals surface area contributed by atoms with Gasteiger partial charge < -0.3 is 4.74 Å². The molecule has 4 aromatic rings. The van der Waals surface area contributed by atoms with Gasteiger partial charge in [-0.1, -0.05) is 72.3 Å². The van der Waals surface area contributed by atoms with Crippen LogP contribution in [0.5, 0.6) is 0 Å². The molecule has 5 heteroatoms. The lowest BCUT2D eigenvalue weighted by atomic mass is 9.98. The molecule has 0 amide bonds. The van der Waals surface area contributed by atoms with Gasteiger partial charge in [0.2, 0.25) is 0 Å². The van der Waals surface area contributed by atoms with Gasteiger partial charge in [-0.3, -0.25) is 4.79 Å². The highest BCUT2D eigenvalue weighted by Crippen LogP contribution is 2.43. The van der Waals surface area contributed by atoms with Crippen LogP contribution < -0.4 is 0 Å². The van der Waals surface area contributed by atoms with Crippen LogP contribution in [-0.4, -0.2) is 23.3 Å². The van der Waals surface area contributed by atoms with E-state index in [2.05, 4.69) is 12.1 Å². The van der Waals surface area contributed by atoms with Crippen molar-refractivity contribution in [1.82, 2.24) is 4.98 Å². The SMILES string of the molecule is CCOC(=O)CSc1c(-c2ccccc2)nc2ccc(Cl)cc2c1-c1ccccc1. The maximum atomic E-state index is 12.1. The largest absolute Gasteiger partial charge is 0.465 e. The first-order valence-corrected chi connectivity index (χ1v) is 11.1. The van der Waals surface area contributed by atoms with E-state index in [4.69, 9.17) is 21.3 Å². The molecule has 0 aliphatic heterocycles. The molecule has 0 bridgehead atoms. The second-order valence-electron chi connectivity index (χ2n) is 6.65. The quantitative estimate of drug-likeness (QED) is 0.245. The first kappa shape index (κ1) is 20.5. The average Bonchev–Trinajstić information content (AvgIpc) is 2.78. The molecule has 0 spiro atoms. The minimum Gasteiger partial charge on any atom is -0.465 e. The standard InChI is InChI=1S/C25H20ClNO2S/c1-2-29-22(28)16-30-25-23(17-9-5-3-6-10-17)20-15-19(26)13-14-21(20)27-24(25)18-11-7-4-8-12-18/h3-15H,2,16H2,1H3. The number of benzene rings is 3. The maximum Gasteiger partial charge on any atom is 0.316 e. The minimum atomic E-state index is -0.244. The van der Waals surface area contributed by atoms with Gasteiger partial charge >= 0.3 is 5.97 Å². The summed E-state index contributed by atoms with van der Waals surface area (Å²) in [5.74, 6) is -0.0342. The smallest absolute Gasteiger partial charge is 0.316 e. The number of fused-ring (bicyclic) bond motifs is 1. The number of aromatic nitrogens is 1. The molecule has 1 heterocycles. The molecule has 0 N–H and O–H groups in total. The lowest BCUT2D eigenvalue weighted by Crippen LogP contribution is -2.07. The molecule has 3 nitrogen and oxygen atoms in total. The van der Waals surface area contributed by atoms with Crippen LogP contribution in [0.25, 0.3) is 33.3 Å². The number of pyridine rings is 1. The molecule has 0 aliphatic carbocycles. The molecule has 0 saturated heterocycles. The predicted molar refractivity (Wildman–Crippen MR) is 125 cm³/mol. The second-order valence-corrected chi connectivity index (χ2v) is 8.07. The van der Waals surface area contributed by atoms with Crippen LogP contribution in [0.4, 0.5) is 0 Å². The van der Waals surface area contributed by atoms with Crippen molar-refractivity contribution in [2.24, 2.45) is 0 Å². The van der Waals surface area contributed by atoms with Crippen molar-refractivity contribution in [3.05, 3.63) is 83.9 Å². The molecular formula is C25H20ClNO2S. The molecule has 0 radical (unpaired) electrons. The van der Waals surface area contributed by atoms with Crippen molar-refractivity contribution in [2.75, 3.05) is 12.4 Å². The van der Waals surface area contributed by atoms with E-state index >= 15 is 0 Å². The van der Waals surface area contributed by atoms with E-state index < -0.39 is 0 Å². The third-order valence-electron chi connectivity index (χ3n) is 4.65. The molecule has 0 fully saturated rings. The van der Waals surface area contributed by atoms with Crippen LogP contribution in [0.1, 0.15) is 6.92 Å². The number of ether oxygens (including phenoxy) is 1. The van der Waals surface area contributed by atoms with Crippen molar-refractivity contribution in [1.29, 1.82) is 0 Å². The average molecular weight is 434 g/mol. The fraction of sp³-hybridized carbons (Fsp3) is 0.120. The molecule has 30 heavy (non-hydrogen) atoms. The molecular weight excluding hydrogens is 414 g/mol. The van der Waals surface area contributed by atoms with Crippen molar-refractivity contribution in [3.8, 4) is 22.4 Å². The number of thioether (sulfide) groups is 1. The highest BCUT2D eigenvalue weighted by Gasteiger charge is 2.20. The van der Waals surface area contributed by atoms with Crippen LogP contribution >= 0.6 is 23.4 Å². The van der Waals surface area contributed by atoms with Gasteiger partial charge in [0.1, 0.15) is 0 Å². The van der Waals surface area contributed by atoms with Crippen molar-refractivity contribution >= 4 is 40.2 Å². The van der Waals surface area contributed by atoms with Gasteiger partial charge in [0, 0.05) is 26.4 Å². The van der Waals surface area contributed by atoms with E-state index in [-0.39, 0.29) is 11.7 Å². The summed E-state index contributed by atoms with van der Waals surface area (Å²) < 4.78 is 5.16. The summed E-state index contributed by atoms with van der Waals surface area (Å²) in [6, 6.07) is 25.9. The highest BCUT2D eigenvalue weighted by atomic mass is 35.5. The van der Waals surface area contributed by atoms with Crippen LogP contribution in [0, 0.1) is 0 Å². The zero-order chi connectivity index (χ0) is 20.9. The van der Waals surface area contributed by atoms with E-state index in [1.807, 2.05) is 73.7 Å².